The zero-order valence-corrected chi connectivity index (χ0v) is 17.5. The normalized spacial score (nSPS) is 14.3. The van der Waals surface area contributed by atoms with E-state index < -0.39 is 11.7 Å². The largest absolute Gasteiger partial charge is 0.444 e. The van der Waals surface area contributed by atoms with Crippen molar-refractivity contribution in [3.63, 3.8) is 0 Å². The fourth-order valence-corrected chi connectivity index (χ4v) is 2.71. The summed E-state index contributed by atoms with van der Waals surface area (Å²) >= 11 is 0. The molecule has 1 aromatic carbocycles. The Morgan fingerprint density at radius 3 is 1.89 bits per heavy atom. The molecule has 1 aliphatic heterocycles. The molecule has 0 unspecified atom stereocenters. The van der Waals surface area contributed by atoms with Gasteiger partial charge in [0.1, 0.15) is 5.60 Å². The van der Waals surface area contributed by atoms with Gasteiger partial charge < -0.3 is 9.64 Å². The Kier molecular flexibility index (Phi) is 8.00. The topological polar surface area (TPSA) is 66.9 Å². The van der Waals surface area contributed by atoms with Crippen LogP contribution in [0.2, 0.25) is 0 Å². The Labute approximate surface area is 162 Å². The van der Waals surface area contributed by atoms with Crippen molar-refractivity contribution in [3.05, 3.63) is 35.4 Å². The first kappa shape index (κ1) is 22.7. The number of rotatable bonds is 4. The maximum absolute atomic E-state index is 12.4. The molecule has 1 aliphatic rings. The quantitative estimate of drug-likeness (QED) is 0.733. The first-order chi connectivity index (χ1) is 12.6. The van der Waals surface area contributed by atoms with Crippen LogP contribution in [0.15, 0.2) is 24.3 Å². The van der Waals surface area contributed by atoms with Gasteiger partial charge in [-0.25, -0.2) is 4.79 Å². The fraction of sp³-hybridized carbons (Fsp3) is 0.571. The highest BCUT2D eigenvalue weighted by molar-refractivity contribution is 6.21. The number of likely N-dealkylation sites (N-methyl/N-ethyl adjacent to an activating group) is 1. The summed E-state index contributed by atoms with van der Waals surface area (Å²) in [6, 6.07) is 6.41. The molecule has 0 aliphatic carbocycles. The molecule has 0 N–H and O–H groups in total. The number of benzene rings is 1. The first-order valence-electron chi connectivity index (χ1n) is 9.52. The van der Waals surface area contributed by atoms with Crippen molar-refractivity contribution in [1.29, 1.82) is 0 Å². The summed E-state index contributed by atoms with van der Waals surface area (Å²) in [6.45, 7) is 13.9. The Bertz CT molecular complexity index is 644. The van der Waals surface area contributed by atoms with Crippen molar-refractivity contribution in [2.75, 3.05) is 13.1 Å². The van der Waals surface area contributed by atoms with Crippen molar-refractivity contribution in [2.45, 2.75) is 66.5 Å². The lowest BCUT2D eigenvalue weighted by molar-refractivity contribution is 0.0151. The third-order valence-electron chi connectivity index (χ3n) is 3.83. The van der Waals surface area contributed by atoms with E-state index in [-0.39, 0.29) is 24.4 Å². The Hall–Kier alpha value is -2.37. The van der Waals surface area contributed by atoms with Crippen LogP contribution in [0.1, 0.15) is 75.6 Å². The molecule has 2 rings (SSSR count). The summed E-state index contributed by atoms with van der Waals surface area (Å²) in [6.07, 6.45) is 0.800. The Balaban J connectivity index is 0.00000114. The average Bonchev–Trinajstić information content (AvgIpc) is 2.80. The molecule has 27 heavy (non-hydrogen) atoms. The van der Waals surface area contributed by atoms with Crippen molar-refractivity contribution in [3.8, 4) is 0 Å². The van der Waals surface area contributed by atoms with Gasteiger partial charge in [-0.3, -0.25) is 14.5 Å². The van der Waals surface area contributed by atoms with Crippen molar-refractivity contribution in [2.24, 2.45) is 0 Å². The van der Waals surface area contributed by atoms with Gasteiger partial charge in [0.2, 0.25) is 0 Å². The standard InChI is InChI=1S/C18H24N2O4.C3H8/c1-6-19(17(23)24-18(3,4)5)12(2)11-20-15(21)13-9-7-8-10-14(13)16(20)22;1-3-2/h7-10,12H,6,11H2,1-5H3;3H2,1-2H3/t12-;/m0./s1. The Morgan fingerprint density at radius 2 is 1.52 bits per heavy atom. The van der Waals surface area contributed by atoms with E-state index in [9.17, 15) is 14.4 Å². The van der Waals surface area contributed by atoms with Gasteiger partial charge in [0, 0.05) is 13.1 Å². The molecule has 6 nitrogen and oxygen atoms in total. The number of carbonyl (C=O) groups excluding carboxylic acids is 3. The van der Waals surface area contributed by atoms with Gasteiger partial charge >= 0.3 is 6.09 Å². The van der Waals surface area contributed by atoms with E-state index >= 15 is 0 Å². The highest BCUT2D eigenvalue weighted by atomic mass is 16.6. The van der Waals surface area contributed by atoms with Crippen LogP contribution in [0.3, 0.4) is 0 Å². The van der Waals surface area contributed by atoms with Crippen LogP contribution in [0.25, 0.3) is 0 Å². The van der Waals surface area contributed by atoms with E-state index in [4.69, 9.17) is 4.74 Å². The molecule has 6 heteroatoms. The number of fused-ring (bicyclic) bond motifs is 1. The molecule has 0 bridgehead atoms. The average molecular weight is 376 g/mol. The van der Waals surface area contributed by atoms with Gasteiger partial charge in [0.05, 0.1) is 17.2 Å². The lowest BCUT2D eigenvalue weighted by Gasteiger charge is -2.32. The van der Waals surface area contributed by atoms with Crippen LogP contribution in [0.5, 0.6) is 0 Å². The second-order valence-electron chi connectivity index (χ2n) is 7.59. The molecule has 1 heterocycles. The highest BCUT2D eigenvalue weighted by Crippen LogP contribution is 2.23. The van der Waals surface area contributed by atoms with E-state index in [2.05, 4.69) is 13.8 Å². The zero-order chi connectivity index (χ0) is 20.8. The van der Waals surface area contributed by atoms with Crippen LogP contribution < -0.4 is 0 Å². The molecular formula is C21H32N2O4. The van der Waals surface area contributed by atoms with E-state index in [1.807, 2.05) is 6.92 Å². The molecule has 1 aromatic rings. The molecule has 0 saturated carbocycles. The zero-order valence-electron chi connectivity index (χ0n) is 17.5. The molecule has 0 fully saturated rings. The smallest absolute Gasteiger partial charge is 0.410 e. The second-order valence-corrected chi connectivity index (χ2v) is 7.59. The minimum atomic E-state index is -0.597. The van der Waals surface area contributed by atoms with E-state index in [0.29, 0.717) is 17.7 Å². The molecule has 150 valence electrons. The lowest BCUT2D eigenvalue weighted by atomic mass is 10.1. The second kappa shape index (κ2) is 9.53. The monoisotopic (exact) mass is 376 g/mol. The van der Waals surface area contributed by atoms with Crippen LogP contribution in [-0.4, -0.2) is 52.4 Å². The van der Waals surface area contributed by atoms with Crippen molar-refractivity contribution in [1.82, 2.24) is 9.80 Å². The molecule has 0 aromatic heterocycles. The number of imide groups is 1. The number of ether oxygens (including phenoxy) is 1. The number of carbonyl (C=O) groups is 3. The maximum atomic E-state index is 12.4. The maximum Gasteiger partial charge on any atom is 0.410 e. The van der Waals surface area contributed by atoms with E-state index in [1.54, 1.807) is 52.0 Å². The molecule has 0 radical (unpaired) electrons. The third-order valence-corrected chi connectivity index (χ3v) is 3.83. The van der Waals surface area contributed by atoms with Crippen LogP contribution in [0.4, 0.5) is 4.79 Å². The molecule has 1 atom stereocenters. The third kappa shape index (κ3) is 5.81. The number of hydrogen-bond donors (Lipinski definition) is 0. The fourth-order valence-electron chi connectivity index (χ4n) is 2.71. The summed E-state index contributed by atoms with van der Waals surface area (Å²) in [5.74, 6) is -0.634. The molecule has 0 spiro atoms. The molecular weight excluding hydrogens is 344 g/mol. The van der Waals surface area contributed by atoms with Gasteiger partial charge in [-0.15, -0.1) is 0 Å². The Morgan fingerprint density at radius 1 is 1.07 bits per heavy atom. The minimum absolute atomic E-state index is 0.138. The van der Waals surface area contributed by atoms with E-state index in [0.717, 1.165) is 0 Å². The predicted octanol–water partition coefficient (Wildman–Crippen LogP) is 4.34. The molecule has 0 saturated heterocycles. The summed E-state index contributed by atoms with van der Waals surface area (Å²) in [7, 11) is 0. The highest BCUT2D eigenvalue weighted by Gasteiger charge is 2.37. The predicted molar refractivity (Wildman–Crippen MR) is 106 cm³/mol. The SMILES string of the molecule is CCC.CCN(C(=O)OC(C)(C)C)[C@@H](C)CN1C(=O)c2ccccc2C1=O. The van der Waals surface area contributed by atoms with Gasteiger partial charge in [0.15, 0.2) is 0 Å². The van der Waals surface area contributed by atoms with Crippen LogP contribution >= 0.6 is 0 Å². The van der Waals surface area contributed by atoms with Crippen molar-refractivity contribution >= 4 is 17.9 Å². The lowest BCUT2D eigenvalue weighted by Crippen LogP contribution is -2.48. The van der Waals surface area contributed by atoms with Crippen LogP contribution in [-0.2, 0) is 4.74 Å². The summed E-state index contributed by atoms with van der Waals surface area (Å²) < 4.78 is 5.39. The molecule has 3 amide bonds. The van der Waals surface area contributed by atoms with E-state index in [1.165, 1.54) is 16.2 Å². The van der Waals surface area contributed by atoms with Gasteiger partial charge in [-0.05, 0) is 46.8 Å². The van der Waals surface area contributed by atoms with Crippen molar-refractivity contribution < 1.29 is 19.1 Å². The number of nitrogens with zero attached hydrogens (tertiary/aromatic N) is 2. The first-order valence-corrected chi connectivity index (χ1v) is 9.52. The number of hydrogen-bond acceptors (Lipinski definition) is 4. The van der Waals surface area contributed by atoms with Gasteiger partial charge in [0.25, 0.3) is 11.8 Å². The summed E-state index contributed by atoms with van der Waals surface area (Å²) in [4.78, 5) is 39.9. The van der Waals surface area contributed by atoms with Gasteiger partial charge in [-0.1, -0.05) is 32.4 Å². The van der Waals surface area contributed by atoms with Crippen LogP contribution in [0, 0.1) is 0 Å². The minimum Gasteiger partial charge on any atom is -0.444 e. The summed E-state index contributed by atoms with van der Waals surface area (Å²) in [5, 5.41) is 0. The number of amides is 3. The summed E-state index contributed by atoms with van der Waals surface area (Å²) in [5.41, 5.74) is 0.227. The van der Waals surface area contributed by atoms with Gasteiger partial charge in [-0.2, -0.15) is 0 Å².